The number of rotatable bonds is 4. The van der Waals surface area contributed by atoms with E-state index in [1.165, 1.54) is 12.1 Å². The van der Waals surface area contributed by atoms with Gasteiger partial charge >= 0.3 is 0 Å². The number of piperazine rings is 1. The first-order chi connectivity index (χ1) is 14.0. The number of amides is 2. The van der Waals surface area contributed by atoms with Gasteiger partial charge in [0.05, 0.1) is 4.90 Å². The van der Waals surface area contributed by atoms with Gasteiger partial charge in [-0.25, -0.2) is 13.1 Å². The van der Waals surface area contributed by atoms with E-state index in [0.29, 0.717) is 43.9 Å². The Morgan fingerprint density at radius 1 is 1.10 bits per heavy atom. The van der Waals surface area contributed by atoms with Crippen molar-refractivity contribution in [3.8, 4) is 0 Å². The smallest absolute Gasteiger partial charge is 0.254 e. The van der Waals surface area contributed by atoms with Crippen LogP contribution in [0.5, 0.6) is 0 Å². The summed E-state index contributed by atoms with van der Waals surface area (Å²) < 4.78 is 33.4. The fourth-order valence-corrected chi connectivity index (χ4v) is 5.18. The molecule has 1 aromatic carbocycles. The summed E-state index contributed by atoms with van der Waals surface area (Å²) in [5.74, 6) is -0.221. The lowest BCUT2D eigenvalue weighted by Crippen LogP contribution is -2.52. The number of hydrogen-bond acceptors (Lipinski definition) is 5. The van der Waals surface area contributed by atoms with Crippen molar-refractivity contribution in [2.75, 3.05) is 32.8 Å². The van der Waals surface area contributed by atoms with E-state index in [2.05, 4.69) is 4.72 Å². The normalized spacial score (nSPS) is 20.5. The van der Waals surface area contributed by atoms with E-state index >= 15 is 0 Å². The van der Waals surface area contributed by atoms with Crippen LogP contribution < -0.4 is 4.72 Å². The van der Waals surface area contributed by atoms with Crippen LogP contribution >= 0.6 is 0 Å². The molecule has 0 radical (unpaired) electrons. The molecule has 1 aromatic rings. The number of carbonyl (C=O) groups is 2. The van der Waals surface area contributed by atoms with Crippen LogP contribution in [0.1, 0.15) is 49.5 Å². The zero-order valence-electron chi connectivity index (χ0n) is 18.1. The van der Waals surface area contributed by atoms with Crippen molar-refractivity contribution in [2.45, 2.75) is 57.1 Å². The Morgan fingerprint density at radius 3 is 2.30 bits per heavy atom. The molecule has 9 heteroatoms. The summed E-state index contributed by atoms with van der Waals surface area (Å²) in [7, 11) is -3.74. The zero-order valence-corrected chi connectivity index (χ0v) is 18.9. The lowest BCUT2D eigenvalue weighted by atomic mass is 10.1. The quantitative estimate of drug-likeness (QED) is 0.771. The number of nitrogens with one attached hydrogen (secondary N) is 1. The maximum absolute atomic E-state index is 13.1. The molecule has 0 aliphatic carbocycles. The maximum atomic E-state index is 13.1. The van der Waals surface area contributed by atoms with Gasteiger partial charge in [-0.15, -0.1) is 0 Å². The number of carbonyl (C=O) groups excluding carboxylic acids is 2. The highest BCUT2D eigenvalue weighted by Crippen LogP contribution is 2.21. The van der Waals surface area contributed by atoms with Gasteiger partial charge in [0, 0.05) is 43.9 Å². The van der Waals surface area contributed by atoms with E-state index in [4.69, 9.17) is 4.74 Å². The number of ether oxygens (including phenoxy) is 1. The van der Waals surface area contributed by atoms with Gasteiger partial charge in [-0.3, -0.25) is 9.59 Å². The molecule has 0 aromatic heterocycles. The number of nitrogens with zero attached hydrogens (tertiary/aromatic N) is 2. The molecule has 2 fully saturated rings. The highest BCUT2D eigenvalue weighted by atomic mass is 32.2. The van der Waals surface area contributed by atoms with Crippen molar-refractivity contribution < 1.29 is 22.7 Å². The summed E-state index contributed by atoms with van der Waals surface area (Å²) in [6, 6.07) is 4.61. The average molecular weight is 438 g/mol. The molecule has 2 heterocycles. The van der Waals surface area contributed by atoms with Gasteiger partial charge in [0.15, 0.2) is 0 Å². The Hall–Kier alpha value is -1.97. The van der Waals surface area contributed by atoms with Crippen molar-refractivity contribution in [1.29, 1.82) is 0 Å². The standard InChI is InChI=1S/C21H31N3O5S/c1-15-7-8-16(30(27,28)22-21(2,3)4)14-17(15)19(25)23-9-11-24(12-10-23)20(26)18-6-5-13-29-18/h7-8,14,18,22H,5-6,9-13H2,1-4H3. The molecule has 166 valence electrons. The summed E-state index contributed by atoms with van der Waals surface area (Å²) >= 11 is 0. The molecule has 2 saturated heterocycles. The predicted molar refractivity (Wildman–Crippen MR) is 113 cm³/mol. The van der Waals surface area contributed by atoms with Gasteiger partial charge in [-0.05, 0) is 58.2 Å². The molecule has 1 unspecified atom stereocenters. The Morgan fingerprint density at radius 2 is 1.73 bits per heavy atom. The van der Waals surface area contributed by atoms with Gasteiger partial charge in [-0.1, -0.05) is 6.07 Å². The third kappa shape index (κ3) is 5.19. The van der Waals surface area contributed by atoms with E-state index in [1.54, 1.807) is 43.6 Å². The highest BCUT2D eigenvalue weighted by molar-refractivity contribution is 7.89. The van der Waals surface area contributed by atoms with Crippen LogP contribution in [-0.4, -0.2) is 74.5 Å². The van der Waals surface area contributed by atoms with Crippen LogP contribution in [0.25, 0.3) is 0 Å². The van der Waals surface area contributed by atoms with Crippen LogP contribution in [0.15, 0.2) is 23.1 Å². The first kappa shape index (κ1) is 22.7. The van der Waals surface area contributed by atoms with E-state index in [1.807, 2.05) is 0 Å². The van der Waals surface area contributed by atoms with Gasteiger partial charge in [0.1, 0.15) is 6.10 Å². The van der Waals surface area contributed by atoms with Crippen molar-refractivity contribution in [1.82, 2.24) is 14.5 Å². The number of aryl methyl sites for hydroxylation is 1. The van der Waals surface area contributed by atoms with Gasteiger partial charge in [-0.2, -0.15) is 0 Å². The first-order valence-electron chi connectivity index (χ1n) is 10.3. The number of sulfonamides is 1. The van der Waals surface area contributed by atoms with Gasteiger partial charge < -0.3 is 14.5 Å². The molecule has 0 spiro atoms. The Bertz CT molecular complexity index is 909. The van der Waals surface area contributed by atoms with Crippen molar-refractivity contribution in [3.05, 3.63) is 29.3 Å². The molecule has 8 nitrogen and oxygen atoms in total. The lowest BCUT2D eigenvalue weighted by molar-refractivity contribution is -0.142. The van der Waals surface area contributed by atoms with Crippen LogP contribution in [0.3, 0.4) is 0 Å². The van der Waals surface area contributed by atoms with Crippen LogP contribution in [-0.2, 0) is 19.6 Å². The molecule has 1 N–H and O–H groups in total. The average Bonchev–Trinajstić information content (AvgIpc) is 3.20. The monoisotopic (exact) mass is 437 g/mol. The second kappa shape index (κ2) is 8.64. The maximum Gasteiger partial charge on any atom is 0.254 e. The Balaban J connectivity index is 1.70. The number of hydrogen-bond donors (Lipinski definition) is 1. The van der Waals surface area contributed by atoms with E-state index < -0.39 is 15.6 Å². The molecule has 2 amide bonds. The zero-order chi connectivity index (χ0) is 22.1. The van der Waals surface area contributed by atoms with Gasteiger partial charge in [0.25, 0.3) is 11.8 Å². The second-order valence-electron chi connectivity index (χ2n) is 8.95. The minimum atomic E-state index is -3.74. The third-order valence-electron chi connectivity index (χ3n) is 5.27. The van der Waals surface area contributed by atoms with E-state index in [0.717, 1.165) is 12.8 Å². The van der Waals surface area contributed by atoms with Gasteiger partial charge in [0.2, 0.25) is 10.0 Å². The fraction of sp³-hybridized carbons (Fsp3) is 0.619. The molecule has 2 aliphatic rings. The summed E-state index contributed by atoms with van der Waals surface area (Å²) in [6.07, 6.45) is 1.30. The minimum absolute atomic E-state index is 0.00266. The molecule has 2 aliphatic heterocycles. The van der Waals surface area contributed by atoms with Crippen molar-refractivity contribution in [2.24, 2.45) is 0 Å². The van der Waals surface area contributed by atoms with Crippen molar-refractivity contribution in [3.63, 3.8) is 0 Å². The third-order valence-corrected chi connectivity index (χ3v) is 7.03. The molecule has 0 saturated carbocycles. The van der Waals surface area contributed by atoms with Crippen LogP contribution in [0, 0.1) is 6.92 Å². The SMILES string of the molecule is Cc1ccc(S(=O)(=O)NC(C)(C)C)cc1C(=O)N1CCN(C(=O)C2CCCO2)CC1. The predicted octanol–water partition coefficient (Wildman–Crippen LogP) is 1.54. The number of benzene rings is 1. The molecular formula is C21H31N3O5S. The topological polar surface area (TPSA) is 96.0 Å². The van der Waals surface area contributed by atoms with Crippen LogP contribution in [0.4, 0.5) is 0 Å². The second-order valence-corrected chi connectivity index (χ2v) is 10.6. The minimum Gasteiger partial charge on any atom is -0.368 e. The summed E-state index contributed by atoms with van der Waals surface area (Å²) in [5, 5.41) is 0. The first-order valence-corrected chi connectivity index (χ1v) is 11.8. The Labute approximate surface area is 178 Å². The lowest BCUT2D eigenvalue weighted by Gasteiger charge is -2.36. The molecule has 30 heavy (non-hydrogen) atoms. The molecule has 0 bridgehead atoms. The molecule has 3 rings (SSSR count). The van der Waals surface area contributed by atoms with Crippen LogP contribution in [0.2, 0.25) is 0 Å². The van der Waals surface area contributed by atoms with E-state index in [9.17, 15) is 18.0 Å². The van der Waals surface area contributed by atoms with Crippen molar-refractivity contribution >= 4 is 21.8 Å². The fourth-order valence-electron chi connectivity index (χ4n) is 3.74. The van der Waals surface area contributed by atoms with E-state index in [-0.39, 0.29) is 22.8 Å². The summed E-state index contributed by atoms with van der Waals surface area (Å²) in [5.41, 5.74) is 0.457. The Kier molecular flexibility index (Phi) is 6.54. The molecule has 1 atom stereocenters. The largest absolute Gasteiger partial charge is 0.368 e. The highest BCUT2D eigenvalue weighted by Gasteiger charge is 2.32. The molecular weight excluding hydrogens is 406 g/mol. The summed E-state index contributed by atoms with van der Waals surface area (Å²) in [4.78, 5) is 29.1. The summed E-state index contributed by atoms with van der Waals surface area (Å²) in [6.45, 7) is 9.43.